The first-order valence-electron chi connectivity index (χ1n) is 6.39. The minimum atomic E-state index is -0.884. The zero-order chi connectivity index (χ0) is 13.7. The minimum absolute atomic E-state index is 0.0359. The van der Waals surface area contributed by atoms with Crippen molar-refractivity contribution in [1.82, 2.24) is 15.5 Å². The van der Waals surface area contributed by atoms with E-state index in [0.717, 1.165) is 19.3 Å². The van der Waals surface area contributed by atoms with Crippen LogP contribution in [0.5, 0.6) is 0 Å². The Kier molecular flexibility index (Phi) is 4.03. The molecule has 0 atom stereocenters. The summed E-state index contributed by atoms with van der Waals surface area (Å²) in [7, 11) is 0. The van der Waals surface area contributed by atoms with Crippen molar-refractivity contribution in [3.8, 4) is 0 Å². The van der Waals surface area contributed by atoms with Crippen LogP contribution in [0.4, 0.5) is 10.5 Å². The van der Waals surface area contributed by atoms with Gasteiger partial charge < -0.3 is 15.7 Å². The van der Waals surface area contributed by atoms with Crippen LogP contribution in [0, 0.1) is 0 Å². The second kappa shape index (κ2) is 5.73. The molecule has 0 bridgehead atoms. The number of carboxylic acids is 1. The number of nitrogens with one attached hydrogen (secondary N) is 3. The molecule has 0 aromatic carbocycles. The highest BCUT2D eigenvalue weighted by Gasteiger charge is 2.35. The van der Waals surface area contributed by atoms with Crippen molar-refractivity contribution in [1.29, 1.82) is 0 Å². The molecule has 0 radical (unpaired) electrons. The van der Waals surface area contributed by atoms with Gasteiger partial charge in [0.15, 0.2) is 0 Å². The maximum atomic E-state index is 11.9. The van der Waals surface area contributed by atoms with E-state index < -0.39 is 11.5 Å². The van der Waals surface area contributed by atoms with Crippen LogP contribution in [0.3, 0.4) is 0 Å². The number of anilines is 1. The van der Waals surface area contributed by atoms with E-state index in [4.69, 9.17) is 5.11 Å². The highest BCUT2D eigenvalue weighted by molar-refractivity contribution is 5.89. The van der Waals surface area contributed by atoms with E-state index in [-0.39, 0.29) is 12.5 Å². The number of amides is 2. The fraction of sp³-hybridized carbons (Fsp3) is 0.583. The Bertz CT molecular complexity index is 438. The van der Waals surface area contributed by atoms with E-state index in [0.29, 0.717) is 18.5 Å². The van der Waals surface area contributed by atoms with E-state index >= 15 is 0 Å². The van der Waals surface area contributed by atoms with Crippen molar-refractivity contribution in [3.05, 3.63) is 12.4 Å². The molecule has 0 aliphatic heterocycles. The molecule has 7 nitrogen and oxygen atoms in total. The zero-order valence-electron chi connectivity index (χ0n) is 10.6. The Hall–Kier alpha value is -2.05. The summed E-state index contributed by atoms with van der Waals surface area (Å²) in [6, 6.07) is -0.385. The molecule has 2 amide bonds. The number of rotatable bonds is 4. The molecule has 4 N–H and O–H groups in total. The van der Waals surface area contributed by atoms with Crippen LogP contribution in [0.15, 0.2) is 12.4 Å². The van der Waals surface area contributed by atoms with Crippen LogP contribution < -0.4 is 10.6 Å². The van der Waals surface area contributed by atoms with Crippen molar-refractivity contribution in [2.75, 3.05) is 5.32 Å². The van der Waals surface area contributed by atoms with Crippen molar-refractivity contribution in [2.45, 2.75) is 44.1 Å². The standard InChI is InChI=1S/C12H18N4O3/c17-10(18)6-12(4-2-1-3-5-12)16-11(19)15-9-7-13-14-8-9/h7-8H,1-6H2,(H,13,14)(H,17,18)(H2,15,16,19). The topological polar surface area (TPSA) is 107 Å². The number of carboxylic acid groups (broad SMARTS) is 1. The Morgan fingerprint density at radius 2 is 2.11 bits per heavy atom. The Morgan fingerprint density at radius 3 is 2.68 bits per heavy atom. The molecule has 1 aliphatic carbocycles. The molecular formula is C12H18N4O3. The van der Waals surface area contributed by atoms with Crippen molar-refractivity contribution in [3.63, 3.8) is 0 Å². The fourth-order valence-electron chi connectivity index (χ4n) is 2.59. The molecule has 1 fully saturated rings. The van der Waals surface area contributed by atoms with Gasteiger partial charge in [0, 0.05) is 6.20 Å². The highest BCUT2D eigenvalue weighted by Crippen LogP contribution is 2.31. The number of hydrogen-bond donors (Lipinski definition) is 4. The van der Waals surface area contributed by atoms with Crippen molar-refractivity contribution >= 4 is 17.7 Å². The lowest BCUT2D eigenvalue weighted by atomic mass is 9.79. The number of carbonyl (C=O) groups excluding carboxylic acids is 1. The van der Waals surface area contributed by atoms with E-state index in [1.54, 1.807) is 6.20 Å². The van der Waals surface area contributed by atoms with Gasteiger partial charge in [0.2, 0.25) is 0 Å². The summed E-state index contributed by atoms with van der Waals surface area (Å²) < 4.78 is 0. The largest absolute Gasteiger partial charge is 0.481 e. The molecule has 7 heteroatoms. The molecular weight excluding hydrogens is 248 g/mol. The van der Waals surface area contributed by atoms with Crippen LogP contribution in [0.1, 0.15) is 38.5 Å². The smallest absolute Gasteiger partial charge is 0.319 e. The quantitative estimate of drug-likeness (QED) is 0.665. The van der Waals surface area contributed by atoms with Crippen molar-refractivity contribution in [2.24, 2.45) is 0 Å². The summed E-state index contributed by atoms with van der Waals surface area (Å²) in [5, 5.41) is 20.8. The predicted molar refractivity (Wildman–Crippen MR) is 68.8 cm³/mol. The number of aromatic nitrogens is 2. The van der Waals surface area contributed by atoms with Gasteiger partial charge in [-0.1, -0.05) is 19.3 Å². The van der Waals surface area contributed by atoms with Crippen molar-refractivity contribution < 1.29 is 14.7 Å². The highest BCUT2D eigenvalue weighted by atomic mass is 16.4. The van der Waals surface area contributed by atoms with Gasteiger partial charge in [-0.15, -0.1) is 0 Å². The van der Waals surface area contributed by atoms with Gasteiger partial charge in [-0.3, -0.25) is 9.89 Å². The normalized spacial score (nSPS) is 17.7. The summed E-state index contributed by atoms with van der Waals surface area (Å²) in [5.74, 6) is -0.884. The first kappa shape index (κ1) is 13.4. The Morgan fingerprint density at radius 1 is 1.37 bits per heavy atom. The lowest BCUT2D eigenvalue weighted by molar-refractivity contribution is -0.138. The monoisotopic (exact) mass is 266 g/mol. The average Bonchev–Trinajstić information content (AvgIpc) is 2.81. The number of carbonyl (C=O) groups is 2. The number of H-pyrrole nitrogens is 1. The van der Waals surface area contributed by atoms with E-state index in [1.807, 2.05) is 0 Å². The van der Waals surface area contributed by atoms with E-state index in [9.17, 15) is 9.59 Å². The molecule has 19 heavy (non-hydrogen) atoms. The lowest BCUT2D eigenvalue weighted by Gasteiger charge is -2.36. The van der Waals surface area contributed by atoms with Crippen LogP contribution in [-0.4, -0.2) is 32.8 Å². The molecule has 1 aromatic rings. The van der Waals surface area contributed by atoms with E-state index in [1.165, 1.54) is 6.20 Å². The lowest BCUT2D eigenvalue weighted by Crippen LogP contribution is -2.52. The van der Waals surface area contributed by atoms with Gasteiger partial charge in [0.25, 0.3) is 0 Å². The summed E-state index contributed by atoms with van der Waals surface area (Å²) in [5.41, 5.74) is -0.0727. The minimum Gasteiger partial charge on any atom is -0.481 e. The molecule has 1 saturated carbocycles. The summed E-state index contributed by atoms with van der Waals surface area (Å²) in [4.78, 5) is 22.9. The van der Waals surface area contributed by atoms with Gasteiger partial charge in [0.05, 0.1) is 23.8 Å². The molecule has 0 spiro atoms. The molecule has 1 aromatic heterocycles. The number of aromatic amines is 1. The van der Waals surface area contributed by atoms with Gasteiger partial charge >= 0.3 is 12.0 Å². The van der Waals surface area contributed by atoms with Gasteiger partial charge in [0.1, 0.15) is 0 Å². The maximum Gasteiger partial charge on any atom is 0.319 e. The van der Waals surface area contributed by atoms with Gasteiger partial charge in [-0.2, -0.15) is 5.10 Å². The second-order valence-corrected chi connectivity index (χ2v) is 4.98. The third-order valence-electron chi connectivity index (χ3n) is 3.44. The average molecular weight is 266 g/mol. The first-order chi connectivity index (χ1) is 9.10. The maximum absolute atomic E-state index is 11.9. The molecule has 2 rings (SSSR count). The SMILES string of the molecule is O=C(O)CC1(NC(=O)Nc2cn[nH]c2)CCCCC1. The van der Waals surface area contributed by atoms with E-state index in [2.05, 4.69) is 20.8 Å². The Labute approximate surface area is 110 Å². The Balaban J connectivity index is 1.98. The first-order valence-corrected chi connectivity index (χ1v) is 6.39. The number of hydrogen-bond acceptors (Lipinski definition) is 3. The molecule has 1 heterocycles. The molecule has 0 saturated heterocycles. The van der Waals surface area contributed by atoms with Crippen LogP contribution >= 0.6 is 0 Å². The van der Waals surface area contributed by atoms with Crippen LogP contribution in [-0.2, 0) is 4.79 Å². The zero-order valence-corrected chi connectivity index (χ0v) is 10.6. The number of urea groups is 1. The second-order valence-electron chi connectivity index (χ2n) is 4.98. The molecule has 0 unspecified atom stereocenters. The number of nitrogens with zero attached hydrogens (tertiary/aromatic N) is 1. The number of aliphatic carboxylic acids is 1. The van der Waals surface area contributed by atoms with Gasteiger partial charge in [-0.25, -0.2) is 4.79 Å². The third-order valence-corrected chi connectivity index (χ3v) is 3.44. The predicted octanol–water partition coefficient (Wildman–Crippen LogP) is 1.71. The molecule has 1 aliphatic rings. The fourth-order valence-corrected chi connectivity index (χ4v) is 2.59. The summed E-state index contributed by atoms with van der Waals surface area (Å²) >= 11 is 0. The molecule has 104 valence electrons. The summed E-state index contributed by atoms with van der Waals surface area (Å²) in [6.07, 6.45) is 7.40. The van der Waals surface area contributed by atoms with Gasteiger partial charge in [-0.05, 0) is 12.8 Å². The third kappa shape index (κ3) is 3.70. The van der Waals surface area contributed by atoms with Crippen LogP contribution in [0.2, 0.25) is 0 Å². The van der Waals surface area contributed by atoms with Crippen LogP contribution in [0.25, 0.3) is 0 Å². The summed E-state index contributed by atoms with van der Waals surface area (Å²) in [6.45, 7) is 0.